The largest absolute Gasteiger partial charge is 0.361 e. The van der Waals surface area contributed by atoms with Crippen molar-refractivity contribution in [1.29, 1.82) is 0 Å². The number of hydrogen-bond donors (Lipinski definition) is 3. The van der Waals surface area contributed by atoms with E-state index < -0.39 is 4.92 Å². The fraction of sp³-hybridized carbons (Fsp3) is 0.545. The highest BCUT2D eigenvalue weighted by atomic mass is 16.6. The van der Waals surface area contributed by atoms with Crippen molar-refractivity contribution in [2.75, 3.05) is 23.7 Å². The highest BCUT2D eigenvalue weighted by Crippen LogP contribution is 2.29. The molecular formula is C11H16N6O3. The van der Waals surface area contributed by atoms with E-state index in [2.05, 4.69) is 25.9 Å². The Morgan fingerprint density at radius 1 is 1.50 bits per heavy atom. The summed E-state index contributed by atoms with van der Waals surface area (Å²) in [5, 5.41) is 19.4. The zero-order chi connectivity index (χ0) is 14.5. The molecule has 0 unspecified atom stereocenters. The van der Waals surface area contributed by atoms with Crippen LogP contribution >= 0.6 is 0 Å². The van der Waals surface area contributed by atoms with Gasteiger partial charge >= 0.3 is 5.69 Å². The van der Waals surface area contributed by atoms with Crippen LogP contribution < -0.4 is 16.0 Å². The van der Waals surface area contributed by atoms with Crippen molar-refractivity contribution in [1.82, 2.24) is 15.3 Å². The van der Waals surface area contributed by atoms with Crippen molar-refractivity contribution in [2.45, 2.75) is 25.8 Å². The van der Waals surface area contributed by atoms with Gasteiger partial charge in [0.1, 0.15) is 6.20 Å². The lowest BCUT2D eigenvalue weighted by molar-refractivity contribution is -0.384. The number of amides is 1. The lowest BCUT2D eigenvalue weighted by Crippen LogP contribution is -2.26. The summed E-state index contributed by atoms with van der Waals surface area (Å²) in [6, 6.07) is 0.260. The molecule has 0 atom stereocenters. The zero-order valence-electron chi connectivity index (χ0n) is 11.0. The average molecular weight is 280 g/mol. The zero-order valence-corrected chi connectivity index (χ0v) is 11.0. The summed E-state index contributed by atoms with van der Waals surface area (Å²) in [5.41, 5.74) is -0.135. The molecule has 1 amide bonds. The Kier molecular flexibility index (Phi) is 4.28. The first kappa shape index (κ1) is 14.0. The number of hydrogen-bond acceptors (Lipinski definition) is 7. The van der Waals surface area contributed by atoms with Crippen LogP contribution in [0.25, 0.3) is 0 Å². The molecule has 1 aromatic heterocycles. The Morgan fingerprint density at radius 2 is 2.25 bits per heavy atom. The van der Waals surface area contributed by atoms with Crippen LogP contribution in [0.1, 0.15) is 19.8 Å². The van der Waals surface area contributed by atoms with Crippen LogP contribution in [0.4, 0.5) is 17.5 Å². The third-order valence-electron chi connectivity index (χ3n) is 2.67. The van der Waals surface area contributed by atoms with E-state index in [4.69, 9.17) is 0 Å². The van der Waals surface area contributed by atoms with Gasteiger partial charge in [0, 0.05) is 26.1 Å². The van der Waals surface area contributed by atoms with E-state index in [1.165, 1.54) is 13.1 Å². The van der Waals surface area contributed by atoms with Gasteiger partial charge in [-0.25, -0.2) is 4.98 Å². The van der Waals surface area contributed by atoms with Gasteiger partial charge in [0.05, 0.1) is 4.92 Å². The van der Waals surface area contributed by atoms with Crippen LogP contribution in [-0.2, 0) is 4.79 Å². The summed E-state index contributed by atoms with van der Waals surface area (Å²) in [4.78, 5) is 29.1. The molecule has 9 nitrogen and oxygen atoms in total. The van der Waals surface area contributed by atoms with E-state index in [9.17, 15) is 14.9 Å². The molecule has 0 radical (unpaired) electrons. The van der Waals surface area contributed by atoms with Gasteiger partial charge in [0.15, 0.2) is 0 Å². The van der Waals surface area contributed by atoms with Gasteiger partial charge < -0.3 is 16.0 Å². The fourth-order valence-corrected chi connectivity index (χ4v) is 1.53. The third-order valence-corrected chi connectivity index (χ3v) is 2.67. The van der Waals surface area contributed by atoms with Crippen molar-refractivity contribution >= 4 is 23.4 Å². The van der Waals surface area contributed by atoms with Gasteiger partial charge in [-0.05, 0) is 12.8 Å². The molecule has 108 valence electrons. The molecular weight excluding hydrogens is 264 g/mol. The lowest BCUT2D eigenvalue weighted by Gasteiger charge is -2.08. The molecule has 1 aromatic rings. The molecule has 0 aliphatic heterocycles. The Morgan fingerprint density at radius 3 is 2.85 bits per heavy atom. The number of rotatable bonds is 7. The third kappa shape index (κ3) is 4.04. The number of nitrogens with one attached hydrogen (secondary N) is 3. The molecule has 3 N–H and O–H groups in total. The molecule has 1 saturated carbocycles. The smallest absolute Gasteiger partial charge is 0.329 e. The number of nitro groups is 1. The van der Waals surface area contributed by atoms with Crippen LogP contribution in [0.15, 0.2) is 6.20 Å². The van der Waals surface area contributed by atoms with Crippen molar-refractivity contribution in [3.05, 3.63) is 16.3 Å². The molecule has 1 aliphatic rings. The van der Waals surface area contributed by atoms with Crippen LogP contribution in [-0.4, -0.2) is 39.9 Å². The number of carbonyl (C=O) groups excluding carboxylic acids is 1. The van der Waals surface area contributed by atoms with Crippen molar-refractivity contribution in [2.24, 2.45) is 0 Å². The maximum absolute atomic E-state index is 10.9. The second-order valence-corrected chi connectivity index (χ2v) is 4.51. The van der Waals surface area contributed by atoms with E-state index in [1.807, 2.05) is 0 Å². The summed E-state index contributed by atoms with van der Waals surface area (Å²) in [5.74, 6) is 0.408. The van der Waals surface area contributed by atoms with Gasteiger partial charge in [-0.15, -0.1) is 0 Å². The molecule has 0 aromatic carbocycles. The van der Waals surface area contributed by atoms with Crippen LogP contribution in [0.3, 0.4) is 0 Å². The summed E-state index contributed by atoms with van der Waals surface area (Å²) in [6.07, 6.45) is 3.16. The van der Waals surface area contributed by atoms with E-state index >= 15 is 0 Å². The Hall–Kier alpha value is -2.45. The maximum atomic E-state index is 10.9. The standard InChI is InChI=1S/C11H16N6O3/c1-7(18)12-4-5-13-11-14-6-9(17(19)20)10(16-11)15-8-2-3-8/h6,8H,2-5H2,1H3,(H,12,18)(H2,13,14,15,16). The monoisotopic (exact) mass is 280 g/mol. The second-order valence-electron chi connectivity index (χ2n) is 4.51. The van der Waals surface area contributed by atoms with Gasteiger partial charge in [0.2, 0.25) is 17.7 Å². The van der Waals surface area contributed by atoms with E-state index in [0.29, 0.717) is 19.0 Å². The van der Waals surface area contributed by atoms with Gasteiger partial charge in [-0.1, -0.05) is 0 Å². The number of carbonyl (C=O) groups is 1. The quantitative estimate of drug-likeness (QED) is 0.378. The Balaban J connectivity index is 1.98. The molecule has 0 bridgehead atoms. The van der Waals surface area contributed by atoms with Crippen LogP contribution in [0, 0.1) is 10.1 Å². The minimum atomic E-state index is -0.508. The predicted molar refractivity (Wildman–Crippen MR) is 72.5 cm³/mol. The molecule has 1 heterocycles. The highest BCUT2D eigenvalue weighted by molar-refractivity contribution is 5.72. The van der Waals surface area contributed by atoms with Gasteiger partial charge in [0.25, 0.3) is 0 Å². The fourth-order valence-electron chi connectivity index (χ4n) is 1.53. The topological polar surface area (TPSA) is 122 Å². The first-order valence-corrected chi connectivity index (χ1v) is 6.32. The Bertz CT molecular complexity index is 517. The summed E-state index contributed by atoms with van der Waals surface area (Å²) >= 11 is 0. The molecule has 20 heavy (non-hydrogen) atoms. The molecule has 1 aliphatic carbocycles. The van der Waals surface area contributed by atoms with Crippen LogP contribution in [0.5, 0.6) is 0 Å². The lowest BCUT2D eigenvalue weighted by atomic mass is 10.4. The molecule has 9 heteroatoms. The van der Waals surface area contributed by atoms with E-state index in [0.717, 1.165) is 12.8 Å². The summed E-state index contributed by atoms with van der Waals surface area (Å²) in [7, 11) is 0. The predicted octanol–water partition coefficient (Wildman–Crippen LogP) is 0.507. The first-order chi connectivity index (χ1) is 9.56. The molecule has 2 rings (SSSR count). The number of aromatic nitrogens is 2. The summed E-state index contributed by atoms with van der Waals surface area (Å²) < 4.78 is 0. The van der Waals surface area contributed by atoms with Gasteiger partial charge in [-0.3, -0.25) is 14.9 Å². The first-order valence-electron chi connectivity index (χ1n) is 6.32. The Labute approximate surface area is 115 Å². The van der Waals surface area contributed by atoms with Gasteiger partial charge in [-0.2, -0.15) is 4.98 Å². The highest BCUT2D eigenvalue weighted by Gasteiger charge is 2.26. The molecule has 0 saturated heterocycles. The molecule has 1 fully saturated rings. The minimum Gasteiger partial charge on any atom is -0.361 e. The number of anilines is 2. The van der Waals surface area contributed by atoms with Crippen molar-refractivity contribution in [3.8, 4) is 0 Å². The molecule has 0 spiro atoms. The second kappa shape index (κ2) is 6.13. The summed E-state index contributed by atoms with van der Waals surface area (Å²) in [6.45, 7) is 2.31. The maximum Gasteiger partial charge on any atom is 0.329 e. The average Bonchev–Trinajstić information content (AvgIpc) is 3.18. The SMILES string of the molecule is CC(=O)NCCNc1ncc([N+](=O)[O-])c(NC2CC2)n1. The van der Waals surface area contributed by atoms with E-state index in [1.54, 1.807) is 0 Å². The minimum absolute atomic E-state index is 0.118. The van der Waals surface area contributed by atoms with E-state index in [-0.39, 0.29) is 23.5 Å². The van der Waals surface area contributed by atoms with Crippen LogP contribution in [0.2, 0.25) is 0 Å². The normalized spacial score (nSPS) is 13.7. The number of nitrogens with zero attached hydrogens (tertiary/aromatic N) is 3. The van der Waals surface area contributed by atoms with Crippen molar-refractivity contribution in [3.63, 3.8) is 0 Å². The van der Waals surface area contributed by atoms with Crippen molar-refractivity contribution < 1.29 is 9.72 Å².